The molecule has 1 heterocycles. The van der Waals surface area contributed by atoms with Crippen molar-refractivity contribution < 1.29 is 4.74 Å². The average molecular weight is 339 g/mol. The second kappa shape index (κ2) is 6.92. The number of benzene rings is 1. The molecule has 1 aromatic rings. The van der Waals surface area contributed by atoms with E-state index in [2.05, 4.69) is 26.1 Å². The van der Waals surface area contributed by atoms with Crippen molar-refractivity contribution in [3.8, 4) is 5.75 Å². The van der Waals surface area contributed by atoms with E-state index in [1.807, 2.05) is 24.3 Å². The van der Waals surface area contributed by atoms with E-state index < -0.39 is 0 Å². The minimum absolute atomic E-state index is 0.696. The Morgan fingerprint density at radius 3 is 2.90 bits per heavy atom. The predicted octanol–water partition coefficient (Wildman–Crippen LogP) is 3.04. The minimum Gasteiger partial charge on any atom is -0.492 e. The molecule has 1 saturated carbocycles. The molecule has 20 heavy (non-hydrogen) atoms. The molecular weight excluding hydrogens is 316 g/mol. The Balaban J connectivity index is 1.44. The molecule has 0 bridgehead atoms. The molecule has 3 nitrogen and oxygen atoms in total. The molecular formula is C16H23BrN2O. The zero-order chi connectivity index (χ0) is 13.8. The number of nitrogens with zero attached hydrogens (tertiary/aromatic N) is 1. The van der Waals surface area contributed by atoms with Crippen molar-refractivity contribution in [2.45, 2.75) is 37.8 Å². The minimum atomic E-state index is 0.696. The molecule has 1 unspecified atom stereocenters. The van der Waals surface area contributed by atoms with Crippen LogP contribution in [0.1, 0.15) is 25.7 Å². The highest BCUT2D eigenvalue weighted by molar-refractivity contribution is 9.10. The lowest BCUT2D eigenvalue weighted by atomic mass is 10.2. The molecule has 2 fully saturated rings. The molecule has 0 aromatic heterocycles. The quantitative estimate of drug-likeness (QED) is 0.826. The fourth-order valence-electron chi connectivity index (χ4n) is 2.90. The smallest absolute Gasteiger partial charge is 0.120 e. The van der Waals surface area contributed by atoms with Crippen LogP contribution in [-0.4, -0.2) is 43.2 Å². The predicted molar refractivity (Wildman–Crippen MR) is 85.3 cm³/mol. The summed E-state index contributed by atoms with van der Waals surface area (Å²) in [6.45, 7) is 4.19. The number of ether oxygens (including phenoxy) is 1. The fraction of sp³-hybridized carbons (Fsp3) is 0.625. The molecule has 2 aliphatic rings. The van der Waals surface area contributed by atoms with Crippen LogP contribution in [0.4, 0.5) is 0 Å². The molecule has 1 aliphatic carbocycles. The third-order valence-electron chi connectivity index (χ3n) is 4.12. The van der Waals surface area contributed by atoms with Gasteiger partial charge in [-0.25, -0.2) is 0 Å². The van der Waals surface area contributed by atoms with Crippen molar-refractivity contribution in [3.05, 3.63) is 28.7 Å². The Morgan fingerprint density at radius 1 is 1.30 bits per heavy atom. The maximum Gasteiger partial charge on any atom is 0.120 e. The third-order valence-corrected chi connectivity index (χ3v) is 4.62. The standard InChI is InChI=1S/C16H23BrN2O/c17-13-3-1-5-16(11-13)20-10-9-19(15-6-7-15)12-14-4-2-8-18-14/h1,3,5,11,14-15,18H,2,4,6-10,12H2. The maximum atomic E-state index is 5.87. The van der Waals surface area contributed by atoms with Crippen molar-refractivity contribution >= 4 is 15.9 Å². The number of hydrogen-bond acceptors (Lipinski definition) is 3. The van der Waals surface area contributed by atoms with E-state index in [0.717, 1.165) is 29.4 Å². The second-order valence-electron chi connectivity index (χ2n) is 5.83. The maximum absolute atomic E-state index is 5.87. The molecule has 1 aliphatic heterocycles. The van der Waals surface area contributed by atoms with E-state index in [-0.39, 0.29) is 0 Å². The molecule has 1 N–H and O–H groups in total. The molecule has 1 saturated heterocycles. The largest absolute Gasteiger partial charge is 0.492 e. The molecule has 0 spiro atoms. The van der Waals surface area contributed by atoms with E-state index in [0.29, 0.717) is 6.04 Å². The summed E-state index contributed by atoms with van der Waals surface area (Å²) in [6.07, 6.45) is 5.39. The molecule has 1 aromatic carbocycles. The van der Waals surface area contributed by atoms with Crippen molar-refractivity contribution in [1.82, 2.24) is 10.2 Å². The highest BCUT2D eigenvalue weighted by Crippen LogP contribution is 2.27. The van der Waals surface area contributed by atoms with Gasteiger partial charge < -0.3 is 10.1 Å². The van der Waals surface area contributed by atoms with Crippen LogP contribution in [0.3, 0.4) is 0 Å². The van der Waals surface area contributed by atoms with Crippen molar-refractivity contribution in [2.75, 3.05) is 26.2 Å². The first-order valence-electron chi connectivity index (χ1n) is 7.67. The number of rotatable bonds is 7. The Kier molecular flexibility index (Phi) is 4.97. The van der Waals surface area contributed by atoms with Gasteiger partial charge in [-0.2, -0.15) is 0 Å². The van der Waals surface area contributed by atoms with Gasteiger partial charge in [-0.05, 0) is 50.4 Å². The summed E-state index contributed by atoms with van der Waals surface area (Å²) in [5.74, 6) is 0.953. The topological polar surface area (TPSA) is 24.5 Å². The van der Waals surface area contributed by atoms with E-state index in [1.165, 1.54) is 38.8 Å². The van der Waals surface area contributed by atoms with Crippen LogP contribution in [0, 0.1) is 0 Å². The Bertz CT molecular complexity index is 430. The van der Waals surface area contributed by atoms with Gasteiger partial charge in [0.1, 0.15) is 12.4 Å². The highest BCUT2D eigenvalue weighted by atomic mass is 79.9. The average Bonchev–Trinajstić information content (AvgIpc) is 3.16. The van der Waals surface area contributed by atoms with E-state index >= 15 is 0 Å². The molecule has 0 radical (unpaired) electrons. The van der Waals surface area contributed by atoms with Gasteiger partial charge in [0, 0.05) is 29.6 Å². The lowest BCUT2D eigenvalue weighted by Crippen LogP contribution is -2.40. The first kappa shape index (κ1) is 14.4. The highest BCUT2D eigenvalue weighted by Gasteiger charge is 2.30. The van der Waals surface area contributed by atoms with Crippen molar-refractivity contribution in [3.63, 3.8) is 0 Å². The van der Waals surface area contributed by atoms with Gasteiger partial charge in [0.2, 0.25) is 0 Å². The van der Waals surface area contributed by atoms with Crippen LogP contribution in [0.25, 0.3) is 0 Å². The third kappa shape index (κ3) is 4.21. The van der Waals surface area contributed by atoms with Crippen LogP contribution < -0.4 is 10.1 Å². The summed E-state index contributed by atoms with van der Waals surface area (Å²) < 4.78 is 6.94. The van der Waals surface area contributed by atoms with Crippen LogP contribution in [0.2, 0.25) is 0 Å². The zero-order valence-electron chi connectivity index (χ0n) is 11.9. The summed E-state index contributed by atoms with van der Waals surface area (Å²) in [7, 11) is 0. The van der Waals surface area contributed by atoms with Gasteiger partial charge in [0.25, 0.3) is 0 Å². The summed E-state index contributed by atoms with van der Waals surface area (Å²) in [6, 6.07) is 9.59. The van der Waals surface area contributed by atoms with Crippen LogP contribution in [-0.2, 0) is 0 Å². The number of hydrogen-bond donors (Lipinski definition) is 1. The van der Waals surface area contributed by atoms with Crippen molar-refractivity contribution in [1.29, 1.82) is 0 Å². The van der Waals surface area contributed by atoms with E-state index in [4.69, 9.17) is 4.74 Å². The summed E-state index contributed by atoms with van der Waals surface area (Å²) in [4.78, 5) is 2.61. The summed E-state index contributed by atoms with van der Waals surface area (Å²) in [5.41, 5.74) is 0. The van der Waals surface area contributed by atoms with Crippen molar-refractivity contribution in [2.24, 2.45) is 0 Å². The second-order valence-corrected chi connectivity index (χ2v) is 6.74. The summed E-state index contributed by atoms with van der Waals surface area (Å²) >= 11 is 3.48. The molecule has 4 heteroatoms. The Hall–Kier alpha value is -0.580. The van der Waals surface area contributed by atoms with Crippen LogP contribution in [0.15, 0.2) is 28.7 Å². The van der Waals surface area contributed by atoms with Crippen LogP contribution in [0.5, 0.6) is 5.75 Å². The molecule has 0 amide bonds. The SMILES string of the molecule is Brc1cccc(OCCN(CC2CCCN2)C2CC2)c1. The lowest BCUT2D eigenvalue weighted by Gasteiger charge is -2.25. The van der Waals surface area contributed by atoms with Gasteiger partial charge in [-0.15, -0.1) is 0 Å². The first-order valence-corrected chi connectivity index (χ1v) is 8.46. The van der Waals surface area contributed by atoms with Gasteiger partial charge in [-0.3, -0.25) is 4.90 Å². The number of halogens is 1. The normalized spacial score (nSPS) is 22.4. The Morgan fingerprint density at radius 2 is 2.20 bits per heavy atom. The van der Waals surface area contributed by atoms with Gasteiger partial charge in [0.15, 0.2) is 0 Å². The summed E-state index contributed by atoms with van der Waals surface area (Å²) in [5, 5.41) is 3.60. The fourth-order valence-corrected chi connectivity index (χ4v) is 3.27. The number of nitrogens with one attached hydrogen (secondary N) is 1. The van der Waals surface area contributed by atoms with E-state index in [9.17, 15) is 0 Å². The van der Waals surface area contributed by atoms with Crippen LogP contribution >= 0.6 is 15.9 Å². The lowest BCUT2D eigenvalue weighted by molar-refractivity contribution is 0.189. The van der Waals surface area contributed by atoms with E-state index in [1.54, 1.807) is 0 Å². The first-order chi connectivity index (χ1) is 9.81. The van der Waals surface area contributed by atoms with Gasteiger partial charge in [0.05, 0.1) is 0 Å². The van der Waals surface area contributed by atoms with Gasteiger partial charge in [-0.1, -0.05) is 22.0 Å². The molecule has 110 valence electrons. The zero-order valence-corrected chi connectivity index (χ0v) is 13.4. The van der Waals surface area contributed by atoms with Gasteiger partial charge >= 0.3 is 0 Å². The monoisotopic (exact) mass is 338 g/mol. The Labute approximate surface area is 129 Å². The molecule has 1 atom stereocenters. The molecule has 3 rings (SSSR count).